The van der Waals surface area contributed by atoms with Crippen molar-refractivity contribution in [1.82, 2.24) is 4.31 Å². The fourth-order valence-electron chi connectivity index (χ4n) is 2.67. The molecule has 132 valence electrons. The summed E-state index contributed by atoms with van der Waals surface area (Å²) < 4.78 is 39.1. The lowest BCUT2D eigenvalue weighted by atomic mass is 10.1. The van der Waals surface area contributed by atoms with Crippen LogP contribution in [-0.2, 0) is 16.6 Å². The number of sulfonamides is 1. The number of fused-ring (bicyclic) bond motifs is 1. The maximum atomic E-state index is 13.2. The summed E-state index contributed by atoms with van der Waals surface area (Å²) in [5.41, 5.74) is 0.852. The fourth-order valence-corrected chi connectivity index (χ4v) is 4.48. The molecule has 2 aromatic carbocycles. The van der Waals surface area contributed by atoms with Gasteiger partial charge in [-0.1, -0.05) is 17.7 Å². The third-order valence-corrected chi connectivity index (χ3v) is 6.08. The normalized spacial score (nSPS) is 15.8. The van der Waals surface area contributed by atoms with Gasteiger partial charge in [-0.3, -0.25) is 4.79 Å². The van der Waals surface area contributed by atoms with E-state index in [0.29, 0.717) is 11.3 Å². The molecule has 1 heterocycles. The number of carbonyl (C=O) groups is 1. The lowest BCUT2D eigenvalue weighted by molar-refractivity contribution is 0.102. The molecular weight excluding hydrogens is 371 g/mol. The van der Waals surface area contributed by atoms with Gasteiger partial charge in [0.1, 0.15) is 5.82 Å². The van der Waals surface area contributed by atoms with Crippen LogP contribution in [0.15, 0.2) is 41.3 Å². The van der Waals surface area contributed by atoms with E-state index >= 15 is 0 Å². The van der Waals surface area contributed by atoms with E-state index in [-0.39, 0.29) is 35.2 Å². The minimum Gasteiger partial charge on any atom is -0.395 e. The van der Waals surface area contributed by atoms with Crippen LogP contribution >= 0.6 is 11.6 Å². The number of amides is 1. The van der Waals surface area contributed by atoms with Crippen LogP contribution in [0.3, 0.4) is 0 Å². The Morgan fingerprint density at radius 2 is 2.08 bits per heavy atom. The molecular formula is C16H14ClFN2O4S. The number of β-amino-alcohol motifs (C(OH)–C–C–N with tert-alkyl or cyclic N) is 1. The van der Waals surface area contributed by atoms with Crippen molar-refractivity contribution in [2.24, 2.45) is 0 Å². The molecule has 0 saturated heterocycles. The summed E-state index contributed by atoms with van der Waals surface area (Å²) >= 11 is 5.69. The van der Waals surface area contributed by atoms with Gasteiger partial charge in [-0.15, -0.1) is 0 Å². The average Bonchev–Trinajstić information content (AvgIpc) is 2.82. The Bertz CT molecular complexity index is 949. The van der Waals surface area contributed by atoms with Gasteiger partial charge in [-0.25, -0.2) is 12.8 Å². The molecule has 2 N–H and O–H groups in total. The van der Waals surface area contributed by atoms with E-state index in [4.69, 9.17) is 16.7 Å². The zero-order valence-electron chi connectivity index (χ0n) is 12.9. The van der Waals surface area contributed by atoms with Crippen molar-refractivity contribution in [1.29, 1.82) is 0 Å². The molecule has 0 bridgehead atoms. The summed E-state index contributed by atoms with van der Waals surface area (Å²) in [6.07, 6.45) is 0. The van der Waals surface area contributed by atoms with Gasteiger partial charge in [-0.05, 0) is 30.3 Å². The van der Waals surface area contributed by atoms with Crippen LogP contribution in [0.5, 0.6) is 0 Å². The summed E-state index contributed by atoms with van der Waals surface area (Å²) in [7, 11) is -3.73. The summed E-state index contributed by atoms with van der Waals surface area (Å²) in [6.45, 7) is -0.361. The van der Waals surface area contributed by atoms with E-state index in [1.165, 1.54) is 30.3 Å². The predicted octanol–water partition coefficient (Wildman–Crippen LogP) is 2.23. The van der Waals surface area contributed by atoms with Crippen LogP contribution in [-0.4, -0.2) is 36.9 Å². The second-order valence-corrected chi connectivity index (χ2v) is 7.74. The Kier molecular flexibility index (Phi) is 4.79. The predicted molar refractivity (Wildman–Crippen MR) is 90.5 cm³/mol. The van der Waals surface area contributed by atoms with Crippen molar-refractivity contribution >= 4 is 33.2 Å². The van der Waals surface area contributed by atoms with Crippen LogP contribution in [0.4, 0.5) is 10.1 Å². The first-order chi connectivity index (χ1) is 11.8. The Morgan fingerprint density at radius 1 is 1.32 bits per heavy atom. The third kappa shape index (κ3) is 3.25. The van der Waals surface area contributed by atoms with E-state index in [2.05, 4.69) is 5.32 Å². The first-order valence-corrected chi connectivity index (χ1v) is 9.15. The zero-order valence-corrected chi connectivity index (χ0v) is 14.4. The summed E-state index contributed by atoms with van der Waals surface area (Å²) in [6, 6.07) is 8.17. The molecule has 0 saturated carbocycles. The molecule has 0 radical (unpaired) electrons. The number of nitrogens with zero attached hydrogens (tertiary/aromatic N) is 1. The van der Waals surface area contributed by atoms with Crippen molar-refractivity contribution in [3.05, 3.63) is 58.4 Å². The SMILES string of the molecule is O=C(Nc1ccc(F)c(Cl)c1)c1cccc2c1CN(CCO)S2(=O)=O. The molecule has 1 aliphatic heterocycles. The monoisotopic (exact) mass is 384 g/mol. The Hall–Kier alpha value is -2.00. The molecule has 1 amide bonds. The van der Waals surface area contributed by atoms with Crippen molar-refractivity contribution in [2.75, 3.05) is 18.5 Å². The Balaban J connectivity index is 1.94. The van der Waals surface area contributed by atoms with E-state index in [1.54, 1.807) is 0 Å². The third-order valence-electron chi connectivity index (χ3n) is 3.86. The summed E-state index contributed by atoms with van der Waals surface area (Å²) in [4.78, 5) is 12.6. The van der Waals surface area contributed by atoms with Crippen LogP contribution in [0.2, 0.25) is 5.02 Å². The molecule has 2 aromatic rings. The molecule has 0 unspecified atom stereocenters. The smallest absolute Gasteiger partial charge is 0.256 e. The van der Waals surface area contributed by atoms with Crippen molar-refractivity contribution in [2.45, 2.75) is 11.4 Å². The van der Waals surface area contributed by atoms with Crippen LogP contribution in [0, 0.1) is 5.82 Å². The lowest BCUT2D eigenvalue weighted by Crippen LogP contribution is -2.27. The first kappa shape index (κ1) is 17.8. The molecule has 25 heavy (non-hydrogen) atoms. The topological polar surface area (TPSA) is 86.7 Å². The van der Waals surface area contributed by atoms with Gasteiger partial charge in [0.25, 0.3) is 5.91 Å². The number of rotatable bonds is 4. The van der Waals surface area contributed by atoms with E-state index in [9.17, 15) is 17.6 Å². The zero-order chi connectivity index (χ0) is 18.2. The highest BCUT2D eigenvalue weighted by atomic mass is 35.5. The number of anilines is 1. The first-order valence-electron chi connectivity index (χ1n) is 7.34. The second kappa shape index (κ2) is 6.72. The number of benzene rings is 2. The number of hydrogen-bond donors (Lipinski definition) is 2. The average molecular weight is 385 g/mol. The van der Waals surface area contributed by atoms with Crippen LogP contribution < -0.4 is 5.32 Å². The van der Waals surface area contributed by atoms with E-state index < -0.39 is 21.7 Å². The van der Waals surface area contributed by atoms with Gasteiger partial charge < -0.3 is 10.4 Å². The lowest BCUT2D eigenvalue weighted by Gasteiger charge is -2.11. The molecule has 0 fully saturated rings. The number of nitrogens with one attached hydrogen (secondary N) is 1. The molecule has 0 atom stereocenters. The number of carbonyl (C=O) groups excluding carboxylic acids is 1. The quantitative estimate of drug-likeness (QED) is 0.846. The Labute approximate surface area is 148 Å². The number of aliphatic hydroxyl groups is 1. The van der Waals surface area contributed by atoms with Crippen molar-refractivity contribution in [3.63, 3.8) is 0 Å². The Morgan fingerprint density at radius 3 is 2.76 bits per heavy atom. The fraction of sp³-hybridized carbons (Fsp3) is 0.188. The molecule has 3 rings (SSSR count). The summed E-state index contributed by atoms with van der Waals surface area (Å²) in [5, 5.41) is 11.5. The van der Waals surface area contributed by atoms with Gasteiger partial charge in [-0.2, -0.15) is 4.31 Å². The van der Waals surface area contributed by atoms with Gasteiger partial charge in [0.05, 0.1) is 16.5 Å². The van der Waals surface area contributed by atoms with Gasteiger partial charge in [0, 0.05) is 29.9 Å². The van der Waals surface area contributed by atoms with Gasteiger partial charge >= 0.3 is 0 Å². The second-order valence-electron chi connectivity index (χ2n) is 5.43. The molecule has 1 aliphatic rings. The maximum absolute atomic E-state index is 13.2. The molecule has 6 nitrogen and oxygen atoms in total. The number of hydrogen-bond acceptors (Lipinski definition) is 4. The number of halogens is 2. The standard InChI is InChI=1S/C16H14ClFN2O4S/c17-13-8-10(4-5-14(13)18)19-16(22)11-2-1-3-15-12(11)9-20(6-7-21)25(15,23)24/h1-5,8,21H,6-7,9H2,(H,19,22). The highest BCUT2D eigenvalue weighted by Crippen LogP contribution is 2.32. The molecule has 0 aliphatic carbocycles. The minimum atomic E-state index is -3.73. The van der Waals surface area contributed by atoms with Crippen LogP contribution in [0.1, 0.15) is 15.9 Å². The van der Waals surface area contributed by atoms with Gasteiger partial charge in [0.2, 0.25) is 10.0 Å². The number of aliphatic hydroxyl groups excluding tert-OH is 1. The minimum absolute atomic E-state index is 0.00595. The van der Waals surface area contributed by atoms with Gasteiger partial charge in [0.15, 0.2) is 0 Å². The van der Waals surface area contributed by atoms with Crippen molar-refractivity contribution in [3.8, 4) is 0 Å². The molecule has 0 aromatic heterocycles. The van der Waals surface area contributed by atoms with E-state index in [1.807, 2.05) is 0 Å². The highest BCUT2D eigenvalue weighted by Gasteiger charge is 2.36. The molecule has 9 heteroatoms. The van der Waals surface area contributed by atoms with Crippen LogP contribution in [0.25, 0.3) is 0 Å². The summed E-state index contributed by atoms with van der Waals surface area (Å²) in [5.74, 6) is -1.13. The van der Waals surface area contributed by atoms with Crippen molar-refractivity contribution < 1.29 is 22.7 Å². The highest BCUT2D eigenvalue weighted by molar-refractivity contribution is 7.89. The maximum Gasteiger partial charge on any atom is 0.256 e. The van der Waals surface area contributed by atoms with E-state index in [0.717, 1.165) is 10.4 Å². The largest absolute Gasteiger partial charge is 0.395 e. The molecule has 0 spiro atoms.